The molecule has 1 heterocycles. The molecule has 4 rings (SSSR count). The van der Waals surface area contributed by atoms with E-state index in [1.807, 2.05) is 54.6 Å². The summed E-state index contributed by atoms with van der Waals surface area (Å²) < 4.78 is 6.02. The summed E-state index contributed by atoms with van der Waals surface area (Å²) in [7, 11) is 0. The van der Waals surface area contributed by atoms with Crippen molar-refractivity contribution in [2.45, 2.75) is 0 Å². The highest BCUT2D eigenvalue weighted by Crippen LogP contribution is 2.37. The Hall–Kier alpha value is -3.00. The van der Waals surface area contributed by atoms with E-state index >= 15 is 0 Å². The lowest BCUT2D eigenvalue weighted by molar-refractivity contribution is 0.632. The first-order chi connectivity index (χ1) is 10.8. The average Bonchev–Trinajstić information content (AvgIpc) is 2.99. The monoisotopic (exact) mass is 285 g/mol. The first-order valence-electron chi connectivity index (χ1n) is 7.26. The summed E-state index contributed by atoms with van der Waals surface area (Å²) in [6.07, 6.45) is 0. The number of hydrogen-bond donors (Lipinski definition) is 1. The van der Waals surface area contributed by atoms with Crippen LogP contribution in [0.25, 0.3) is 33.4 Å². The van der Waals surface area contributed by atoms with E-state index in [1.54, 1.807) is 0 Å². The molecular weight excluding hydrogens is 270 g/mol. The van der Waals surface area contributed by atoms with Crippen LogP contribution in [0.3, 0.4) is 0 Å². The molecule has 0 bridgehead atoms. The first-order valence-corrected chi connectivity index (χ1v) is 7.26. The number of para-hydroxylation sites is 2. The number of furan rings is 1. The zero-order chi connectivity index (χ0) is 14.9. The Balaban J connectivity index is 1.95. The molecule has 2 heteroatoms. The van der Waals surface area contributed by atoms with Gasteiger partial charge in [0.1, 0.15) is 11.3 Å². The maximum Gasteiger partial charge on any atom is 0.136 e. The van der Waals surface area contributed by atoms with Crippen LogP contribution in [0.5, 0.6) is 0 Å². The van der Waals surface area contributed by atoms with Crippen LogP contribution in [-0.4, -0.2) is 0 Å². The van der Waals surface area contributed by atoms with Gasteiger partial charge >= 0.3 is 0 Å². The van der Waals surface area contributed by atoms with Gasteiger partial charge in [0.05, 0.1) is 0 Å². The molecule has 106 valence electrons. The van der Waals surface area contributed by atoms with Crippen molar-refractivity contribution in [2.75, 3.05) is 5.73 Å². The van der Waals surface area contributed by atoms with Gasteiger partial charge in [0.15, 0.2) is 0 Å². The zero-order valence-electron chi connectivity index (χ0n) is 12.0. The normalized spacial score (nSPS) is 10.9. The van der Waals surface area contributed by atoms with Crippen LogP contribution >= 0.6 is 0 Å². The van der Waals surface area contributed by atoms with Gasteiger partial charge in [-0.1, -0.05) is 60.7 Å². The highest BCUT2D eigenvalue weighted by Gasteiger charge is 2.12. The van der Waals surface area contributed by atoms with Gasteiger partial charge in [0.25, 0.3) is 0 Å². The number of benzene rings is 3. The quantitative estimate of drug-likeness (QED) is 0.504. The molecule has 0 aliphatic rings. The van der Waals surface area contributed by atoms with Gasteiger partial charge in [0.2, 0.25) is 0 Å². The van der Waals surface area contributed by atoms with Crippen LogP contribution in [-0.2, 0) is 0 Å². The largest absolute Gasteiger partial charge is 0.456 e. The van der Waals surface area contributed by atoms with Gasteiger partial charge in [-0.05, 0) is 23.8 Å². The SMILES string of the molecule is Nc1ccccc1-c1ccccc1-c1cc2ccccc2o1. The molecule has 0 radical (unpaired) electrons. The number of fused-ring (bicyclic) bond motifs is 1. The third-order valence-electron chi connectivity index (χ3n) is 3.87. The Morgan fingerprint density at radius 1 is 0.636 bits per heavy atom. The fourth-order valence-corrected chi connectivity index (χ4v) is 2.79. The molecule has 0 aliphatic carbocycles. The van der Waals surface area contributed by atoms with Crippen LogP contribution in [0, 0.1) is 0 Å². The van der Waals surface area contributed by atoms with Crippen molar-refractivity contribution in [2.24, 2.45) is 0 Å². The van der Waals surface area contributed by atoms with Crippen molar-refractivity contribution in [3.63, 3.8) is 0 Å². The molecule has 22 heavy (non-hydrogen) atoms. The van der Waals surface area contributed by atoms with Gasteiger partial charge in [0, 0.05) is 22.2 Å². The second-order valence-corrected chi connectivity index (χ2v) is 5.28. The van der Waals surface area contributed by atoms with Crippen LogP contribution in [0.4, 0.5) is 5.69 Å². The third kappa shape index (κ3) is 2.06. The van der Waals surface area contributed by atoms with Gasteiger partial charge in [-0.15, -0.1) is 0 Å². The van der Waals surface area contributed by atoms with E-state index in [1.165, 1.54) is 0 Å². The standard InChI is InChI=1S/C20H15NO/c21-18-11-5-4-9-16(18)15-8-2-3-10-17(15)20-13-14-7-1-6-12-19(14)22-20/h1-13H,21H2. The van der Waals surface area contributed by atoms with Crippen molar-refractivity contribution in [3.05, 3.63) is 78.9 Å². The summed E-state index contributed by atoms with van der Waals surface area (Å²) in [5, 5.41) is 1.10. The minimum Gasteiger partial charge on any atom is -0.456 e. The first kappa shape index (κ1) is 12.7. The molecule has 0 unspecified atom stereocenters. The van der Waals surface area contributed by atoms with E-state index in [-0.39, 0.29) is 0 Å². The number of hydrogen-bond acceptors (Lipinski definition) is 2. The number of nitrogens with two attached hydrogens (primary N) is 1. The van der Waals surface area contributed by atoms with Crippen molar-refractivity contribution in [1.29, 1.82) is 0 Å². The molecule has 2 N–H and O–H groups in total. The maximum atomic E-state index is 6.14. The summed E-state index contributed by atoms with van der Waals surface area (Å²) in [4.78, 5) is 0. The molecule has 1 aromatic heterocycles. The van der Waals surface area contributed by atoms with Crippen molar-refractivity contribution in [1.82, 2.24) is 0 Å². The van der Waals surface area contributed by atoms with Crippen molar-refractivity contribution >= 4 is 16.7 Å². The molecule has 2 nitrogen and oxygen atoms in total. The van der Waals surface area contributed by atoms with E-state index in [0.29, 0.717) is 0 Å². The fraction of sp³-hybridized carbons (Fsp3) is 0. The highest BCUT2D eigenvalue weighted by atomic mass is 16.3. The lowest BCUT2D eigenvalue weighted by Crippen LogP contribution is -1.90. The summed E-state index contributed by atoms with van der Waals surface area (Å²) in [5.74, 6) is 0.861. The van der Waals surface area contributed by atoms with Crippen LogP contribution in [0.2, 0.25) is 0 Å². The molecule has 3 aromatic carbocycles. The molecule has 0 aliphatic heterocycles. The predicted octanol–water partition coefficient (Wildman–Crippen LogP) is 5.35. The Bertz CT molecular complexity index is 920. The van der Waals surface area contributed by atoms with Crippen LogP contribution in [0.1, 0.15) is 0 Å². The zero-order valence-corrected chi connectivity index (χ0v) is 12.0. The van der Waals surface area contributed by atoms with Gasteiger partial charge in [-0.25, -0.2) is 0 Å². The molecule has 0 atom stereocenters. The topological polar surface area (TPSA) is 39.2 Å². The van der Waals surface area contributed by atoms with E-state index < -0.39 is 0 Å². The van der Waals surface area contributed by atoms with Gasteiger partial charge in [-0.2, -0.15) is 0 Å². The minimum absolute atomic E-state index is 0.770. The molecule has 0 saturated carbocycles. The van der Waals surface area contributed by atoms with E-state index in [0.717, 1.165) is 39.1 Å². The smallest absolute Gasteiger partial charge is 0.136 e. The summed E-state index contributed by atoms with van der Waals surface area (Å²) >= 11 is 0. The van der Waals surface area contributed by atoms with Crippen LogP contribution < -0.4 is 5.73 Å². The van der Waals surface area contributed by atoms with E-state index in [2.05, 4.69) is 24.3 Å². The predicted molar refractivity (Wildman–Crippen MR) is 91.5 cm³/mol. The summed E-state index contributed by atoms with van der Waals surface area (Å²) in [6, 6.07) is 26.2. The van der Waals surface area contributed by atoms with Gasteiger partial charge < -0.3 is 10.2 Å². The maximum absolute atomic E-state index is 6.14. The Morgan fingerprint density at radius 2 is 1.27 bits per heavy atom. The van der Waals surface area contributed by atoms with E-state index in [9.17, 15) is 0 Å². The van der Waals surface area contributed by atoms with Crippen LogP contribution in [0.15, 0.2) is 83.3 Å². The molecule has 0 spiro atoms. The Morgan fingerprint density at radius 3 is 2.05 bits per heavy atom. The van der Waals surface area contributed by atoms with Gasteiger partial charge in [-0.3, -0.25) is 0 Å². The molecular formula is C20H15NO. The fourth-order valence-electron chi connectivity index (χ4n) is 2.79. The molecule has 4 aromatic rings. The van der Waals surface area contributed by atoms with E-state index in [4.69, 9.17) is 10.2 Å². The second-order valence-electron chi connectivity index (χ2n) is 5.28. The average molecular weight is 285 g/mol. The molecule has 0 fully saturated rings. The molecule has 0 saturated heterocycles. The summed E-state index contributed by atoms with van der Waals surface area (Å²) in [5.41, 5.74) is 11.0. The number of anilines is 1. The Labute approximate surface area is 128 Å². The lowest BCUT2D eigenvalue weighted by atomic mass is 9.97. The Kier molecular flexibility index (Phi) is 2.94. The summed E-state index contributed by atoms with van der Waals surface area (Å²) in [6.45, 7) is 0. The molecule has 0 amide bonds. The second kappa shape index (κ2) is 5.08. The highest BCUT2D eigenvalue weighted by molar-refractivity contribution is 5.90. The minimum atomic E-state index is 0.770. The number of nitrogen functional groups attached to an aromatic ring is 1. The third-order valence-corrected chi connectivity index (χ3v) is 3.87. The van der Waals surface area contributed by atoms with Crippen molar-refractivity contribution < 1.29 is 4.42 Å². The van der Waals surface area contributed by atoms with Crippen molar-refractivity contribution in [3.8, 4) is 22.5 Å². The lowest BCUT2D eigenvalue weighted by Gasteiger charge is -2.09. The number of rotatable bonds is 2.